The molecule has 3 aromatic rings. The summed E-state index contributed by atoms with van der Waals surface area (Å²) in [5.41, 5.74) is 7.23. The van der Waals surface area contributed by atoms with Crippen LogP contribution in [-0.4, -0.2) is 51.6 Å². The number of hydrogen-bond acceptors (Lipinski definition) is 7. The number of hydrogen-bond donors (Lipinski definition) is 2. The molecule has 1 saturated carbocycles. The number of nitrogens with zero attached hydrogens (tertiary/aromatic N) is 1. The maximum atomic E-state index is 14.7. The third kappa shape index (κ3) is 9.25. The minimum atomic E-state index is -3.80. The Balaban J connectivity index is 1.53. The van der Waals surface area contributed by atoms with E-state index < -0.39 is 33.5 Å². The van der Waals surface area contributed by atoms with Crippen molar-refractivity contribution in [3.05, 3.63) is 82.9 Å². The molecule has 41 heavy (non-hydrogen) atoms. The Bertz CT molecular complexity index is 1560. The van der Waals surface area contributed by atoms with Crippen LogP contribution in [0.3, 0.4) is 0 Å². The predicted octanol–water partition coefficient (Wildman–Crippen LogP) is 3.61. The molecule has 3 N–H and O–H groups in total. The van der Waals surface area contributed by atoms with E-state index in [1.54, 1.807) is 28.8 Å². The molecule has 0 saturated heterocycles. The Labute approximate surface area is 237 Å². The van der Waals surface area contributed by atoms with E-state index in [1.807, 2.05) is 12.1 Å². The van der Waals surface area contributed by atoms with Crippen molar-refractivity contribution < 1.29 is 36.3 Å². The van der Waals surface area contributed by atoms with Gasteiger partial charge >= 0.3 is 0 Å². The van der Waals surface area contributed by atoms with E-state index in [0.717, 1.165) is 30.7 Å². The molecule has 0 aromatic heterocycles. The molecule has 3 aromatic carbocycles. The van der Waals surface area contributed by atoms with E-state index in [-0.39, 0.29) is 30.0 Å². The number of halogens is 2. The van der Waals surface area contributed by atoms with Crippen molar-refractivity contribution in [1.29, 1.82) is 0 Å². The van der Waals surface area contributed by atoms with Crippen molar-refractivity contribution in [2.75, 3.05) is 26.5 Å². The van der Waals surface area contributed by atoms with Gasteiger partial charge in [0.15, 0.2) is 0 Å². The highest BCUT2D eigenvalue weighted by Crippen LogP contribution is 2.33. The first kappa shape index (κ1) is 29.9. The average Bonchev–Trinajstić information content (AvgIpc) is 3.69. The largest absolute Gasteiger partial charge is 0.493 e. The molecule has 1 aliphatic rings. The van der Waals surface area contributed by atoms with Crippen molar-refractivity contribution in [2.45, 2.75) is 26.0 Å². The minimum absolute atomic E-state index is 0.0698. The van der Waals surface area contributed by atoms with Gasteiger partial charge in [-0.1, -0.05) is 6.07 Å². The number of likely N-dealkylation sites (N-methyl/N-ethyl adjacent to an activating group) is 1. The summed E-state index contributed by atoms with van der Waals surface area (Å²) in [6.45, 7) is 0.793. The van der Waals surface area contributed by atoms with Crippen LogP contribution >= 0.6 is 0 Å². The van der Waals surface area contributed by atoms with Crippen molar-refractivity contribution in [3.63, 3.8) is 0 Å². The standard InChI is InChI=1S/C29H31F2N3O6S/c1-34(15-28(32)35)14-19-7-22(10-25(8-19)39-16-18-3-4-18)23-9-24(30)13-26(11-23)40-17-21-6-5-20(12-27(21)31)29(36)33-41(2,37)38/h5-13,18H,3-4,14-17H2,1-2H3,(H2,32,35)(H,33,36). The Morgan fingerprint density at radius 3 is 2.32 bits per heavy atom. The fourth-order valence-corrected chi connectivity index (χ4v) is 4.60. The molecule has 12 heteroatoms. The predicted molar refractivity (Wildman–Crippen MR) is 149 cm³/mol. The molecule has 0 spiro atoms. The van der Waals surface area contributed by atoms with E-state index >= 15 is 0 Å². The smallest absolute Gasteiger partial charge is 0.264 e. The zero-order valence-corrected chi connectivity index (χ0v) is 23.5. The van der Waals surface area contributed by atoms with E-state index in [9.17, 15) is 26.8 Å². The quantitative estimate of drug-likeness (QED) is 0.313. The summed E-state index contributed by atoms with van der Waals surface area (Å²) in [6, 6.07) is 13.1. The fourth-order valence-electron chi connectivity index (χ4n) is 4.14. The first-order valence-corrected chi connectivity index (χ1v) is 14.7. The minimum Gasteiger partial charge on any atom is -0.493 e. The van der Waals surface area contributed by atoms with Crippen LogP contribution in [0, 0.1) is 17.6 Å². The summed E-state index contributed by atoms with van der Waals surface area (Å²) in [5, 5.41) is 0. The molecular weight excluding hydrogens is 556 g/mol. The number of ether oxygens (including phenoxy) is 2. The number of carbonyl (C=O) groups excluding carboxylic acids is 2. The van der Waals surface area contributed by atoms with Crippen molar-refractivity contribution in [3.8, 4) is 22.6 Å². The summed E-state index contributed by atoms with van der Waals surface area (Å²) in [7, 11) is -2.04. The molecule has 0 atom stereocenters. The van der Waals surface area contributed by atoms with E-state index in [0.29, 0.717) is 35.9 Å². The van der Waals surface area contributed by atoms with E-state index in [4.69, 9.17) is 15.2 Å². The molecule has 0 unspecified atom stereocenters. The van der Waals surface area contributed by atoms with Gasteiger partial charge in [0, 0.05) is 23.7 Å². The van der Waals surface area contributed by atoms with Gasteiger partial charge in [0.2, 0.25) is 15.9 Å². The third-order valence-corrected chi connectivity index (χ3v) is 6.78. The lowest BCUT2D eigenvalue weighted by Crippen LogP contribution is -2.30. The third-order valence-electron chi connectivity index (χ3n) is 6.22. The van der Waals surface area contributed by atoms with Crippen LogP contribution in [-0.2, 0) is 28.0 Å². The lowest BCUT2D eigenvalue weighted by Gasteiger charge is -2.17. The van der Waals surface area contributed by atoms with E-state index in [2.05, 4.69) is 0 Å². The van der Waals surface area contributed by atoms with Gasteiger partial charge in [0.25, 0.3) is 5.91 Å². The highest BCUT2D eigenvalue weighted by Gasteiger charge is 2.22. The van der Waals surface area contributed by atoms with Gasteiger partial charge in [0.1, 0.15) is 29.7 Å². The van der Waals surface area contributed by atoms with E-state index in [1.165, 1.54) is 24.3 Å². The van der Waals surface area contributed by atoms with Gasteiger partial charge in [0.05, 0.1) is 19.4 Å². The van der Waals surface area contributed by atoms with Crippen LogP contribution in [0.4, 0.5) is 8.78 Å². The SMILES string of the molecule is CN(CC(N)=O)Cc1cc(OCC2CC2)cc(-c2cc(F)cc(OCc3ccc(C(=O)NS(C)(=O)=O)cc3F)c2)c1. The number of rotatable bonds is 13. The Morgan fingerprint density at radius 1 is 1.00 bits per heavy atom. The number of sulfonamides is 1. The second-order valence-electron chi connectivity index (χ2n) is 10.2. The van der Waals surface area contributed by atoms with Crippen molar-refractivity contribution in [1.82, 2.24) is 9.62 Å². The van der Waals surface area contributed by atoms with Crippen LogP contribution in [0.15, 0.2) is 54.6 Å². The topological polar surface area (TPSA) is 128 Å². The van der Waals surface area contributed by atoms with Gasteiger partial charge in [-0.05, 0) is 85.0 Å². The first-order valence-electron chi connectivity index (χ1n) is 12.8. The van der Waals surface area contributed by atoms with Crippen molar-refractivity contribution >= 4 is 21.8 Å². The Morgan fingerprint density at radius 2 is 1.68 bits per heavy atom. The molecule has 218 valence electrons. The molecule has 0 heterocycles. The summed E-state index contributed by atoms with van der Waals surface area (Å²) >= 11 is 0. The van der Waals surface area contributed by atoms with Gasteiger partial charge in [-0.15, -0.1) is 0 Å². The van der Waals surface area contributed by atoms with Crippen LogP contribution in [0.5, 0.6) is 11.5 Å². The summed E-state index contributed by atoms with van der Waals surface area (Å²) in [5.74, 6) is -1.48. The first-order chi connectivity index (χ1) is 19.3. The molecule has 2 amide bonds. The second kappa shape index (κ2) is 12.6. The number of carbonyl (C=O) groups is 2. The normalized spacial score (nSPS) is 13.2. The molecular formula is C29H31F2N3O6S. The average molecular weight is 588 g/mol. The van der Waals surface area contributed by atoms with Gasteiger partial charge in [-0.25, -0.2) is 21.9 Å². The lowest BCUT2D eigenvalue weighted by molar-refractivity contribution is -0.118. The number of nitrogens with two attached hydrogens (primary N) is 1. The summed E-state index contributed by atoms with van der Waals surface area (Å²) < 4.78 is 65.3. The number of amides is 2. The summed E-state index contributed by atoms with van der Waals surface area (Å²) in [6.07, 6.45) is 3.06. The molecule has 0 aliphatic heterocycles. The number of primary amides is 1. The van der Waals surface area contributed by atoms with Crippen LogP contribution < -0.4 is 19.9 Å². The molecule has 4 rings (SSSR count). The highest BCUT2D eigenvalue weighted by atomic mass is 32.2. The van der Waals surface area contributed by atoms with Gasteiger partial charge < -0.3 is 15.2 Å². The Kier molecular flexibility index (Phi) is 9.24. The lowest BCUT2D eigenvalue weighted by atomic mass is 10.0. The number of nitrogens with one attached hydrogen (secondary N) is 1. The van der Waals surface area contributed by atoms with Gasteiger partial charge in [-0.2, -0.15) is 0 Å². The second-order valence-corrected chi connectivity index (χ2v) is 12.0. The maximum Gasteiger partial charge on any atom is 0.264 e. The van der Waals surface area contributed by atoms with Crippen LogP contribution in [0.2, 0.25) is 0 Å². The summed E-state index contributed by atoms with van der Waals surface area (Å²) in [4.78, 5) is 25.1. The van der Waals surface area contributed by atoms with Crippen LogP contribution in [0.25, 0.3) is 11.1 Å². The zero-order valence-electron chi connectivity index (χ0n) is 22.7. The fraction of sp³-hybridized carbons (Fsp3) is 0.310. The highest BCUT2D eigenvalue weighted by molar-refractivity contribution is 7.89. The zero-order chi connectivity index (χ0) is 29.7. The molecule has 9 nitrogen and oxygen atoms in total. The van der Waals surface area contributed by atoms with Gasteiger partial charge in [-0.3, -0.25) is 14.5 Å². The molecule has 1 fully saturated rings. The van der Waals surface area contributed by atoms with Crippen LogP contribution in [0.1, 0.15) is 34.3 Å². The molecule has 0 radical (unpaired) electrons. The van der Waals surface area contributed by atoms with Crippen molar-refractivity contribution in [2.24, 2.45) is 11.7 Å². The maximum absolute atomic E-state index is 14.7. The monoisotopic (exact) mass is 587 g/mol. The molecule has 1 aliphatic carbocycles. The number of benzene rings is 3. The molecule has 0 bridgehead atoms. The Hall–Kier alpha value is -4.03.